The molecule has 11 heteroatoms. The van der Waals surface area contributed by atoms with Crippen LogP contribution in [0.1, 0.15) is 30.0 Å². The van der Waals surface area contributed by atoms with E-state index in [-0.39, 0.29) is 29.5 Å². The zero-order valence-corrected chi connectivity index (χ0v) is 28.0. The van der Waals surface area contributed by atoms with E-state index in [0.29, 0.717) is 39.2 Å². The van der Waals surface area contributed by atoms with Gasteiger partial charge in [0, 0.05) is 40.1 Å². The van der Waals surface area contributed by atoms with E-state index in [4.69, 9.17) is 34.8 Å². The SMILES string of the molecule is CCCNC(=O)[C@H](Cc1ccccc1)N(Cc1c(Cl)cccc1Cl)C(=O)CN(c1ccc(Cl)cc1C)S(=O)(=O)c1ccccc1. The van der Waals surface area contributed by atoms with Gasteiger partial charge < -0.3 is 10.2 Å². The van der Waals surface area contributed by atoms with E-state index in [1.807, 2.05) is 37.3 Å². The van der Waals surface area contributed by atoms with Crippen LogP contribution in [0.3, 0.4) is 0 Å². The van der Waals surface area contributed by atoms with Gasteiger partial charge in [-0.25, -0.2) is 8.42 Å². The third-order valence-electron chi connectivity index (χ3n) is 7.25. The Bertz CT molecular complexity index is 1720. The van der Waals surface area contributed by atoms with Gasteiger partial charge >= 0.3 is 0 Å². The third-order valence-corrected chi connectivity index (χ3v) is 9.97. The van der Waals surface area contributed by atoms with Crippen molar-refractivity contribution in [3.8, 4) is 0 Å². The maximum atomic E-state index is 14.5. The van der Waals surface area contributed by atoms with Gasteiger partial charge in [0.2, 0.25) is 11.8 Å². The van der Waals surface area contributed by atoms with Gasteiger partial charge in [-0.3, -0.25) is 13.9 Å². The van der Waals surface area contributed by atoms with E-state index in [2.05, 4.69) is 5.32 Å². The standard InChI is InChI=1S/C34H34Cl3N3O4S/c1-3-19-38-34(42)32(21-25-11-6-4-7-12-25)39(22-28-29(36)15-10-16-30(28)37)33(41)23-40(31-18-17-26(35)20-24(31)2)45(43,44)27-13-8-5-9-14-27/h4-18,20,32H,3,19,21-23H2,1-2H3,(H,38,42)/t32-/m0/s1. The maximum Gasteiger partial charge on any atom is 0.264 e. The molecule has 0 aliphatic rings. The Morgan fingerprint density at radius 1 is 0.844 bits per heavy atom. The molecule has 0 spiro atoms. The molecule has 0 heterocycles. The van der Waals surface area contributed by atoms with Gasteiger partial charge in [-0.15, -0.1) is 0 Å². The number of aryl methyl sites for hydroxylation is 1. The van der Waals surface area contributed by atoms with Gasteiger partial charge in [-0.05, 0) is 66.9 Å². The molecule has 1 N–H and O–H groups in total. The Labute approximate surface area is 279 Å². The lowest BCUT2D eigenvalue weighted by Crippen LogP contribution is -2.53. The minimum atomic E-state index is -4.24. The number of nitrogens with one attached hydrogen (secondary N) is 1. The zero-order chi connectivity index (χ0) is 32.6. The molecule has 0 bridgehead atoms. The summed E-state index contributed by atoms with van der Waals surface area (Å²) in [4.78, 5) is 29.7. The fourth-order valence-corrected chi connectivity index (χ4v) is 7.15. The molecule has 0 aliphatic carbocycles. The Kier molecular flexibility index (Phi) is 11.9. The van der Waals surface area contributed by atoms with E-state index in [0.717, 1.165) is 9.87 Å². The van der Waals surface area contributed by atoms with Crippen LogP contribution < -0.4 is 9.62 Å². The molecule has 1 atom stereocenters. The van der Waals surface area contributed by atoms with Crippen LogP contribution in [0.5, 0.6) is 0 Å². The molecular formula is C34H34Cl3N3O4S. The number of rotatable bonds is 13. The Hall–Kier alpha value is -3.56. The largest absolute Gasteiger partial charge is 0.354 e. The van der Waals surface area contributed by atoms with Gasteiger partial charge in [0.05, 0.1) is 10.6 Å². The minimum Gasteiger partial charge on any atom is -0.354 e. The highest BCUT2D eigenvalue weighted by Crippen LogP contribution is 2.31. The summed E-state index contributed by atoms with van der Waals surface area (Å²) in [6.07, 6.45) is 0.864. The average molecular weight is 687 g/mol. The molecule has 0 aliphatic heterocycles. The highest BCUT2D eigenvalue weighted by molar-refractivity contribution is 7.92. The molecule has 4 aromatic rings. The summed E-state index contributed by atoms with van der Waals surface area (Å²) >= 11 is 19.3. The molecule has 0 unspecified atom stereocenters. The number of carbonyl (C=O) groups excluding carboxylic acids is 2. The minimum absolute atomic E-state index is 0.00868. The van der Waals surface area contributed by atoms with Crippen molar-refractivity contribution in [1.82, 2.24) is 10.2 Å². The van der Waals surface area contributed by atoms with Crippen LogP contribution in [0, 0.1) is 6.92 Å². The molecular weight excluding hydrogens is 653 g/mol. The summed E-state index contributed by atoms with van der Waals surface area (Å²) in [7, 11) is -4.24. The molecule has 0 radical (unpaired) electrons. The Morgan fingerprint density at radius 2 is 1.47 bits per heavy atom. The molecule has 0 saturated carbocycles. The van der Waals surface area contributed by atoms with E-state index in [1.54, 1.807) is 61.5 Å². The van der Waals surface area contributed by atoms with Crippen molar-refractivity contribution in [3.63, 3.8) is 0 Å². The third kappa shape index (κ3) is 8.58. The second kappa shape index (κ2) is 15.6. The molecule has 7 nitrogen and oxygen atoms in total. The quantitative estimate of drug-likeness (QED) is 0.160. The number of nitrogens with zero attached hydrogens (tertiary/aromatic N) is 2. The number of sulfonamides is 1. The molecule has 0 saturated heterocycles. The smallest absolute Gasteiger partial charge is 0.264 e. The first-order chi connectivity index (χ1) is 21.5. The lowest BCUT2D eigenvalue weighted by molar-refractivity contribution is -0.140. The molecule has 2 amide bonds. The molecule has 236 valence electrons. The molecule has 0 fully saturated rings. The highest BCUT2D eigenvalue weighted by atomic mass is 35.5. The second-order valence-electron chi connectivity index (χ2n) is 10.5. The van der Waals surface area contributed by atoms with Crippen LogP contribution in [-0.2, 0) is 32.6 Å². The van der Waals surface area contributed by atoms with Crippen molar-refractivity contribution < 1.29 is 18.0 Å². The predicted molar refractivity (Wildman–Crippen MR) is 181 cm³/mol. The van der Waals surface area contributed by atoms with Crippen LogP contribution in [0.15, 0.2) is 102 Å². The summed E-state index contributed by atoms with van der Waals surface area (Å²) in [5, 5.41) is 3.97. The first kappa shape index (κ1) is 34.3. The summed E-state index contributed by atoms with van der Waals surface area (Å²) < 4.78 is 29.3. The summed E-state index contributed by atoms with van der Waals surface area (Å²) in [5.74, 6) is -0.996. The first-order valence-electron chi connectivity index (χ1n) is 14.4. The first-order valence-corrected chi connectivity index (χ1v) is 17.0. The van der Waals surface area contributed by atoms with Gasteiger partial charge in [-0.1, -0.05) is 96.3 Å². The van der Waals surface area contributed by atoms with Gasteiger partial charge in [-0.2, -0.15) is 0 Å². The molecule has 4 aromatic carbocycles. The van der Waals surface area contributed by atoms with Crippen LogP contribution in [0.4, 0.5) is 5.69 Å². The lowest BCUT2D eigenvalue weighted by atomic mass is 10.0. The van der Waals surface area contributed by atoms with E-state index in [9.17, 15) is 18.0 Å². The van der Waals surface area contributed by atoms with Crippen LogP contribution in [-0.4, -0.2) is 44.3 Å². The van der Waals surface area contributed by atoms with Gasteiger partial charge in [0.15, 0.2) is 0 Å². The van der Waals surface area contributed by atoms with E-state index < -0.39 is 28.5 Å². The fraction of sp³-hybridized carbons (Fsp3) is 0.235. The van der Waals surface area contributed by atoms with Crippen molar-refractivity contribution in [3.05, 3.63) is 129 Å². The van der Waals surface area contributed by atoms with E-state index in [1.165, 1.54) is 17.0 Å². The number of anilines is 1. The number of halogens is 3. The number of hydrogen-bond donors (Lipinski definition) is 1. The van der Waals surface area contributed by atoms with Gasteiger partial charge in [0.25, 0.3) is 10.0 Å². The van der Waals surface area contributed by atoms with Gasteiger partial charge in [0.1, 0.15) is 12.6 Å². The number of carbonyl (C=O) groups is 2. The van der Waals surface area contributed by atoms with Crippen molar-refractivity contribution in [2.75, 3.05) is 17.4 Å². The molecule has 0 aromatic heterocycles. The van der Waals surface area contributed by atoms with E-state index >= 15 is 0 Å². The lowest BCUT2D eigenvalue weighted by Gasteiger charge is -2.34. The zero-order valence-electron chi connectivity index (χ0n) is 24.9. The van der Waals surface area contributed by atoms with Crippen molar-refractivity contribution in [2.45, 2.75) is 44.2 Å². The highest BCUT2D eigenvalue weighted by Gasteiger charge is 2.35. The summed E-state index contributed by atoms with van der Waals surface area (Å²) in [6, 6.07) is 25.9. The Morgan fingerprint density at radius 3 is 2.07 bits per heavy atom. The number of benzene rings is 4. The second-order valence-corrected chi connectivity index (χ2v) is 13.6. The topological polar surface area (TPSA) is 86.8 Å². The van der Waals surface area contributed by atoms with Crippen LogP contribution in [0.2, 0.25) is 15.1 Å². The number of amides is 2. The van der Waals surface area contributed by atoms with Crippen molar-refractivity contribution in [1.29, 1.82) is 0 Å². The summed E-state index contributed by atoms with van der Waals surface area (Å²) in [6.45, 7) is 3.31. The van der Waals surface area contributed by atoms with Crippen molar-refractivity contribution in [2.24, 2.45) is 0 Å². The normalized spacial score (nSPS) is 11.9. The monoisotopic (exact) mass is 685 g/mol. The molecule has 4 rings (SSSR count). The predicted octanol–water partition coefficient (Wildman–Crippen LogP) is 7.32. The summed E-state index contributed by atoms with van der Waals surface area (Å²) in [5.41, 5.74) is 2.09. The fourth-order valence-electron chi connectivity index (χ4n) is 4.91. The average Bonchev–Trinajstić information content (AvgIpc) is 3.02. The van der Waals surface area contributed by atoms with Crippen LogP contribution in [0.25, 0.3) is 0 Å². The van der Waals surface area contributed by atoms with Crippen molar-refractivity contribution >= 4 is 62.3 Å². The molecule has 45 heavy (non-hydrogen) atoms. The Balaban J connectivity index is 1.85. The van der Waals surface area contributed by atoms with Crippen LogP contribution >= 0.6 is 34.8 Å². The maximum absolute atomic E-state index is 14.5. The number of hydrogen-bond acceptors (Lipinski definition) is 4.